The number of aromatic hydroxyl groups is 1. The van der Waals surface area contributed by atoms with Crippen molar-refractivity contribution < 1.29 is 19.7 Å². The smallest absolute Gasteiger partial charge is 0.315 e. The Hall–Kier alpha value is -4.30. The van der Waals surface area contributed by atoms with E-state index in [1.165, 1.54) is 37.5 Å². The minimum atomic E-state index is -0.759. The summed E-state index contributed by atoms with van der Waals surface area (Å²) in [5, 5.41) is 43.5. The zero-order chi connectivity index (χ0) is 21.8. The molecule has 0 spiro atoms. The molecule has 0 unspecified atom stereocenters. The largest absolute Gasteiger partial charge is 0.500 e. The molecular formula is C19H12N4O6S. The van der Waals surface area contributed by atoms with Crippen LogP contribution in [0.4, 0.5) is 11.4 Å². The Kier molecular flexibility index (Phi) is 5.70. The second-order valence-electron chi connectivity index (χ2n) is 5.86. The first-order valence-corrected chi connectivity index (χ1v) is 9.10. The van der Waals surface area contributed by atoms with E-state index in [1.807, 2.05) is 6.07 Å². The van der Waals surface area contributed by atoms with E-state index in [0.29, 0.717) is 16.3 Å². The molecule has 2 aromatic carbocycles. The number of hydrogen-bond donors (Lipinski definition) is 1. The van der Waals surface area contributed by atoms with E-state index in [-0.39, 0.29) is 22.6 Å². The highest BCUT2D eigenvalue weighted by molar-refractivity contribution is 7.11. The number of nitriles is 1. The fraction of sp³-hybridized carbons (Fsp3) is 0.0526. The second kappa shape index (κ2) is 8.38. The number of rotatable bonds is 6. The molecule has 1 N–H and O–H groups in total. The van der Waals surface area contributed by atoms with Gasteiger partial charge in [-0.25, -0.2) is 4.98 Å². The van der Waals surface area contributed by atoms with E-state index < -0.39 is 21.3 Å². The summed E-state index contributed by atoms with van der Waals surface area (Å²) in [5.41, 5.74) is 0.717. The number of allylic oxidation sites excluding steroid dienone is 1. The summed E-state index contributed by atoms with van der Waals surface area (Å²) in [6, 6.07) is 10.4. The molecule has 11 heteroatoms. The second-order valence-corrected chi connectivity index (χ2v) is 6.72. The minimum Gasteiger partial charge on any atom is -0.500 e. The number of ether oxygens (including phenoxy) is 1. The first kappa shape index (κ1) is 20.4. The van der Waals surface area contributed by atoms with Gasteiger partial charge in [-0.05, 0) is 17.7 Å². The average molecular weight is 424 g/mol. The van der Waals surface area contributed by atoms with Crippen molar-refractivity contribution in [2.75, 3.05) is 7.11 Å². The van der Waals surface area contributed by atoms with Crippen molar-refractivity contribution in [1.82, 2.24) is 4.98 Å². The molecule has 0 radical (unpaired) electrons. The van der Waals surface area contributed by atoms with E-state index in [1.54, 1.807) is 11.4 Å². The SMILES string of the molecule is COc1cc(/C=C(/C#N)c2nc(-c3cccc([N+](=O)[O-])c3)cs2)cc([N+](=O)[O-])c1O. The van der Waals surface area contributed by atoms with Crippen LogP contribution >= 0.6 is 11.3 Å². The molecule has 0 amide bonds. The van der Waals surface area contributed by atoms with Crippen LogP contribution in [0.15, 0.2) is 41.8 Å². The van der Waals surface area contributed by atoms with Gasteiger partial charge < -0.3 is 9.84 Å². The molecule has 0 aliphatic rings. The lowest BCUT2D eigenvalue weighted by molar-refractivity contribution is -0.386. The molecule has 3 aromatic rings. The quantitative estimate of drug-likeness (QED) is 0.347. The maximum absolute atomic E-state index is 11.1. The number of nitrogens with zero attached hydrogens (tertiary/aromatic N) is 4. The summed E-state index contributed by atoms with van der Waals surface area (Å²) in [6.45, 7) is 0. The van der Waals surface area contributed by atoms with Gasteiger partial charge in [-0.3, -0.25) is 20.2 Å². The third-order valence-corrected chi connectivity index (χ3v) is 4.89. The van der Waals surface area contributed by atoms with Crippen LogP contribution in [0.25, 0.3) is 22.9 Å². The van der Waals surface area contributed by atoms with Crippen LogP contribution < -0.4 is 4.74 Å². The highest BCUT2D eigenvalue weighted by Crippen LogP contribution is 2.38. The van der Waals surface area contributed by atoms with Gasteiger partial charge in [0.25, 0.3) is 5.69 Å². The predicted octanol–water partition coefficient (Wildman–Crippen LogP) is 4.40. The summed E-state index contributed by atoms with van der Waals surface area (Å²) < 4.78 is 4.96. The standard InChI is InChI=1S/C19H12N4O6S/c1-29-17-7-11(6-16(18(17)24)23(27)28)5-13(9-20)19-21-15(10-30-19)12-3-2-4-14(8-12)22(25)26/h2-8,10,24H,1H3/b13-5-. The Bertz CT molecular complexity index is 1230. The molecule has 0 atom stereocenters. The van der Waals surface area contributed by atoms with Crippen LogP contribution in [0, 0.1) is 31.6 Å². The summed E-state index contributed by atoms with van der Waals surface area (Å²) in [4.78, 5) is 25.2. The molecule has 0 saturated heterocycles. The van der Waals surface area contributed by atoms with Gasteiger partial charge in [-0.15, -0.1) is 11.3 Å². The number of non-ortho nitro benzene ring substituents is 1. The van der Waals surface area contributed by atoms with Crippen LogP contribution in [0.5, 0.6) is 11.5 Å². The molecule has 10 nitrogen and oxygen atoms in total. The molecular weight excluding hydrogens is 412 g/mol. The van der Waals surface area contributed by atoms with Crippen molar-refractivity contribution in [1.29, 1.82) is 5.26 Å². The van der Waals surface area contributed by atoms with Crippen LogP contribution in [-0.4, -0.2) is 27.0 Å². The summed E-state index contributed by atoms with van der Waals surface area (Å²) >= 11 is 1.15. The van der Waals surface area contributed by atoms with Crippen molar-refractivity contribution in [3.05, 3.63) is 72.6 Å². The normalized spacial score (nSPS) is 11.0. The Balaban J connectivity index is 2.02. The van der Waals surface area contributed by atoms with Gasteiger partial charge in [-0.1, -0.05) is 12.1 Å². The number of nitro groups is 2. The Morgan fingerprint density at radius 3 is 2.67 bits per heavy atom. The lowest BCUT2D eigenvalue weighted by Gasteiger charge is -2.05. The van der Waals surface area contributed by atoms with E-state index >= 15 is 0 Å². The minimum absolute atomic E-state index is 0.0819. The number of benzene rings is 2. The van der Waals surface area contributed by atoms with Crippen LogP contribution in [0.3, 0.4) is 0 Å². The molecule has 3 rings (SSSR count). The number of aromatic nitrogens is 1. The number of phenols is 1. The molecule has 0 saturated carbocycles. The van der Waals surface area contributed by atoms with E-state index in [4.69, 9.17) is 4.74 Å². The topological polar surface area (TPSA) is 152 Å². The highest BCUT2D eigenvalue weighted by atomic mass is 32.1. The Labute approximate surface area is 173 Å². The fourth-order valence-electron chi connectivity index (χ4n) is 2.61. The zero-order valence-electron chi connectivity index (χ0n) is 15.3. The summed E-state index contributed by atoms with van der Waals surface area (Å²) in [6.07, 6.45) is 1.38. The number of methoxy groups -OCH3 is 1. The predicted molar refractivity (Wildman–Crippen MR) is 109 cm³/mol. The number of hydrogen-bond acceptors (Lipinski definition) is 9. The van der Waals surface area contributed by atoms with Crippen molar-refractivity contribution in [2.24, 2.45) is 0 Å². The van der Waals surface area contributed by atoms with Gasteiger partial charge in [0.15, 0.2) is 5.75 Å². The maximum Gasteiger partial charge on any atom is 0.315 e. The fourth-order valence-corrected chi connectivity index (χ4v) is 3.40. The molecule has 1 aromatic heterocycles. The third kappa shape index (κ3) is 4.08. The lowest BCUT2D eigenvalue weighted by atomic mass is 10.1. The van der Waals surface area contributed by atoms with Gasteiger partial charge in [-0.2, -0.15) is 5.26 Å². The van der Waals surface area contributed by atoms with E-state index in [2.05, 4.69) is 4.98 Å². The molecule has 0 bridgehead atoms. The number of nitro benzene ring substituents is 2. The van der Waals surface area contributed by atoms with Gasteiger partial charge in [0.05, 0.1) is 28.2 Å². The summed E-state index contributed by atoms with van der Waals surface area (Å²) in [7, 11) is 1.25. The maximum atomic E-state index is 11.1. The lowest BCUT2D eigenvalue weighted by Crippen LogP contribution is -1.93. The van der Waals surface area contributed by atoms with E-state index in [0.717, 1.165) is 17.4 Å². The first-order valence-electron chi connectivity index (χ1n) is 8.22. The molecule has 1 heterocycles. The molecule has 0 aliphatic carbocycles. The van der Waals surface area contributed by atoms with Crippen molar-refractivity contribution in [3.8, 4) is 28.8 Å². The third-order valence-electron chi connectivity index (χ3n) is 4.01. The monoisotopic (exact) mass is 424 g/mol. The molecule has 30 heavy (non-hydrogen) atoms. The average Bonchev–Trinajstić information content (AvgIpc) is 3.22. The van der Waals surface area contributed by atoms with Gasteiger partial charge >= 0.3 is 5.69 Å². The first-order chi connectivity index (χ1) is 14.3. The summed E-state index contributed by atoms with van der Waals surface area (Å²) in [5.74, 6) is -0.718. The molecule has 150 valence electrons. The number of phenolic OH excluding ortho intramolecular Hbond substituents is 1. The van der Waals surface area contributed by atoms with Crippen molar-refractivity contribution >= 4 is 34.4 Å². The molecule has 0 aliphatic heterocycles. The van der Waals surface area contributed by atoms with Gasteiger partial charge in [0.2, 0.25) is 5.75 Å². The van der Waals surface area contributed by atoms with E-state index in [9.17, 15) is 30.6 Å². The highest BCUT2D eigenvalue weighted by Gasteiger charge is 2.20. The van der Waals surface area contributed by atoms with Gasteiger partial charge in [0.1, 0.15) is 11.1 Å². The zero-order valence-corrected chi connectivity index (χ0v) is 16.1. The van der Waals surface area contributed by atoms with Crippen LogP contribution in [0.1, 0.15) is 10.6 Å². The Morgan fingerprint density at radius 2 is 2.03 bits per heavy atom. The van der Waals surface area contributed by atoms with Crippen molar-refractivity contribution in [2.45, 2.75) is 0 Å². The van der Waals surface area contributed by atoms with Crippen LogP contribution in [-0.2, 0) is 0 Å². The van der Waals surface area contributed by atoms with Crippen LogP contribution in [0.2, 0.25) is 0 Å². The Morgan fingerprint density at radius 1 is 1.27 bits per heavy atom. The number of thiazole rings is 1. The van der Waals surface area contributed by atoms with Gasteiger partial charge in [0, 0.05) is 29.1 Å². The van der Waals surface area contributed by atoms with Crippen molar-refractivity contribution in [3.63, 3.8) is 0 Å². The molecule has 0 fully saturated rings.